The number of hydrogen-bond acceptors (Lipinski definition) is 4. The first-order valence-electron chi connectivity index (χ1n) is 7.24. The summed E-state index contributed by atoms with van der Waals surface area (Å²) in [5.41, 5.74) is 1.53. The van der Waals surface area contributed by atoms with E-state index in [0.29, 0.717) is 17.2 Å². The van der Waals surface area contributed by atoms with Crippen molar-refractivity contribution < 1.29 is 9.18 Å². The van der Waals surface area contributed by atoms with Gasteiger partial charge in [0.25, 0.3) is 0 Å². The summed E-state index contributed by atoms with van der Waals surface area (Å²) in [6, 6.07) is 9.52. The average molecular weight is 323 g/mol. The molecule has 3 aromatic rings. The number of aromatic amines is 1. The van der Waals surface area contributed by atoms with E-state index in [2.05, 4.69) is 25.5 Å². The monoisotopic (exact) mass is 323 g/mol. The smallest absolute Gasteiger partial charge is 0.244 e. The lowest BCUT2D eigenvalue weighted by atomic mass is 10.2. The third-order valence-corrected chi connectivity index (χ3v) is 3.18. The Bertz CT molecular complexity index is 843. The molecule has 6 nitrogen and oxygen atoms in total. The first kappa shape index (κ1) is 15.5. The third-order valence-electron chi connectivity index (χ3n) is 3.18. The van der Waals surface area contributed by atoms with Crippen LogP contribution in [0, 0.1) is 5.82 Å². The van der Waals surface area contributed by atoms with E-state index in [1.165, 1.54) is 18.2 Å². The van der Waals surface area contributed by atoms with Gasteiger partial charge in [0.15, 0.2) is 5.82 Å². The lowest BCUT2D eigenvalue weighted by Crippen LogP contribution is -2.20. The van der Waals surface area contributed by atoms with Gasteiger partial charge in [0.2, 0.25) is 5.91 Å². The Hall–Kier alpha value is -3.35. The van der Waals surface area contributed by atoms with Crippen molar-refractivity contribution in [2.24, 2.45) is 0 Å². The molecule has 2 heterocycles. The predicted octanol–water partition coefficient (Wildman–Crippen LogP) is 2.34. The molecule has 0 aliphatic carbocycles. The normalized spacial score (nSPS) is 10.9. The number of carbonyl (C=O) groups is 1. The van der Waals surface area contributed by atoms with Crippen LogP contribution in [0.15, 0.2) is 54.9 Å². The van der Waals surface area contributed by atoms with Gasteiger partial charge in [-0.1, -0.05) is 6.07 Å². The molecule has 0 saturated heterocycles. The first-order valence-corrected chi connectivity index (χ1v) is 7.24. The molecule has 3 rings (SSSR count). The van der Waals surface area contributed by atoms with E-state index in [4.69, 9.17) is 0 Å². The minimum absolute atomic E-state index is 0.213. The molecule has 1 amide bonds. The van der Waals surface area contributed by atoms with E-state index < -0.39 is 0 Å². The maximum absolute atomic E-state index is 12.9. The number of benzene rings is 1. The van der Waals surface area contributed by atoms with E-state index in [-0.39, 0.29) is 18.3 Å². The largest absolute Gasteiger partial charge is 0.345 e. The number of pyridine rings is 1. The van der Waals surface area contributed by atoms with E-state index in [1.807, 2.05) is 6.07 Å². The zero-order chi connectivity index (χ0) is 16.8. The first-order chi connectivity index (χ1) is 11.7. The van der Waals surface area contributed by atoms with Crippen molar-refractivity contribution in [1.82, 2.24) is 25.5 Å². The third kappa shape index (κ3) is 4.10. The van der Waals surface area contributed by atoms with Gasteiger partial charge < -0.3 is 5.32 Å². The highest BCUT2D eigenvalue weighted by molar-refractivity contribution is 5.91. The Morgan fingerprint density at radius 3 is 2.83 bits per heavy atom. The molecule has 0 atom stereocenters. The van der Waals surface area contributed by atoms with Gasteiger partial charge in [-0.2, -0.15) is 5.10 Å². The molecule has 120 valence electrons. The maximum Gasteiger partial charge on any atom is 0.244 e. The van der Waals surface area contributed by atoms with Crippen LogP contribution in [0.4, 0.5) is 4.39 Å². The highest BCUT2D eigenvalue weighted by Crippen LogP contribution is 2.14. The predicted molar refractivity (Wildman–Crippen MR) is 86.9 cm³/mol. The van der Waals surface area contributed by atoms with Gasteiger partial charge in [-0.3, -0.25) is 14.9 Å². The zero-order valence-corrected chi connectivity index (χ0v) is 12.6. The van der Waals surface area contributed by atoms with Crippen molar-refractivity contribution in [3.8, 4) is 11.4 Å². The van der Waals surface area contributed by atoms with Crippen molar-refractivity contribution in [2.75, 3.05) is 0 Å². The van der Waals surface area contributed by atoms with E-state index in [0.717, 1.165) is 5.56 Å². The summed E-state index contributed by atoms with van der Waals surface area (Å²) in [6.45, 7) is 0.213. The summed E-state index contributed by atoms with van der Waals surface area (Å²) in [5.74, 6) is 0.392. The summed E-state index contributed by atoms with van der Waals surface area (Å²) in [7, 11) is 0. The Labute approximate surface area is 137 Å². The number of carbonyl (C=O) groups excluding carboxylic acids is 1. The second-order valence-electron chi connectivity index (χ2n) is 4.95. The van der Waals surface area contributed by atoms with Gasteiger partial charge in [0.05, 0.1) is 6.54 Å². The van der Waals surface area contributed by atoms with Crippen LogP contribution in [0.2, 0.25) is 0 Å². The van der Waals surface area contributed by atoms with Crippen LogP contribution in [-0.2, 0) is 11.3 Å². The maximum atomic E-state index is 12.9. The topological polar surface area (TPSA) is 83.6 Å². The van der Waals surface area contributed by atoms with Crippen LogP contribution in [-0.4, -0.2) is 26.1 Å². The van der Waals surface area contributed by atoms with Crippen LogP contribution in [0.25, 0.3) is 17.5 Å². The molecule has 24 heavy (non-hydrogen) atoms. The second-order valence-corrected chi connectivity index (χ2v) is 4.95. The lowest BCUT2D eigenvalue weighted by Gasteiger charge is -1.98. The summed E-state index contributed by atoms with van der Waals surface area (Å²) in [5, 5.41) is 9.50. The highest BCUT2D eigenvalue weighted by Gasteiger charge is 2.06. The van der Waals surface area contributed by atoms with E-state index >= 15 is 0 Å². The molecule has 0 saturated carbocycles. The molecule has 0 aliphatic heterocycles. The van der Waals surface area contributed by atoms with Gasteiger partial charge in [-0.15, -0.1) is 0 Å². The lowest BCUT2D eigenvalue weighted by molar-refractivity contribution is -0.116. The van der Waals surface area contributed by atoms with Crippen LogP contribution in [0.1, 0.15) is 11.4 Å². The van der Waals surface area contributed by atoms with Crippen LogP contribution in [0.3, 0.4) is 0 Å². The summed E-state index contributed by atoms with van der Waals surface area (Å²) in [4.78, 5) is 20.0. The SMILES string of the molecule is O=C(C=Cc1cccnc1)NCc1nc(-c2ccc(F)cc2)n[nH]1. The molecule has 2 aromatic heterocycles. The number of amides is 1. The van der Waals surface area contributed by atoms with Crippen molar-refractivity contribution in [3.05, 3.63) is 72.1 Å². The van der Waals surface area contributed by atoms with Crippen LogP contribution in [0.5, 0.6) is 0 Å². The highest BCUT2D eigenvalue weighted by atomic mass is 19.1. The molecule has 0 radical (unpaired) electrons. The summed E-state index contributed by atoms with van der Waals surface area (Å²) >= 11 is 0. The summed E-state index contributed by atoms with van der Waals surface area (Å²) < 4.78 is 12.9. The van der Waals surface area contributed by atoms with Gasteiger partial charge in [0.1, 0.15) is 11.6 Å². The fraction of sp³-hybridized carbons (Fsp3) is 0.0588. The Balaban J connectivity index is 1.56. The number of halogens is 1. The Morgan fingerprint density at radius 2 is 2.08 bits per heavy atom. The standard InChI is InChI=1S/C17H14FN5O/c18-14-6-4-13(5-7-14)17-21-15(22-23-17)11-20-16(24)8-3-12-2-1-9-19-10-12/h1-10H,11H2,(H,20,24)(H,21,22,23). The molecule has 0 aliphatic rings. The molecule has 2 N–H and O–H groups in total. The van der Waals surface area contributed by atoms with E-state index in [1.54, 1.807) is 36.7 Å². The number of rotatable bonds is 5. The number of aromatic nitrogens is 4. The number of hydrogen-bond donors (Lipinski definition) is 2. The van der Waals surface area contributed by atoms with Gasteiger partial charge >= 0.3 is 0 Å². The fourth-order valence-corrected chi connectivity index (χ4v) is 1.98. The fourth-order valence-electron chi connectivity index (χ4n) is 1.98. The van der Waals surface area contributed by atoms with Gasteiger partial charge in [-0.05, 0) is 42.0 Å². The molecule has 0 spiro atoms. The van der Waals surface area contributed by atoms with Gasteiger partial charge in [0, 0.05) is 24.0 Å². The molecular weight excluding hydrogens is 309 g/mol. The van der Waals surface area contributed by atoms with Crippen molar-refractivity contribution in [2.45, 2.75) is 6.54 Å². The minimum atomic E-state index is -0.317. The van der Waals surface area contributed by atoms with Crippen molar-refractivity contribution in [3.63, 3.8) is 0 Å². The van der Waals surface area contributed by atoms with Crippen molar-refractivity contribution >= 4 is 12.0 Å². The number of nitrogens with zero attached hydrogens (tertiary/aromatic N) is 3. The summed E-state index contributed by atoms with van der Waals surface area (Å²) in [6.07, 6.45) is 6.43. The number of nitrogens with one attached hydrogen (secondary N) is 2. The van der Waals surface area contributed by atoms with Crippen molar-refractivity contribution in [1.29, 1.82) is 0 Å². The van der Waals surface area contributed by atoms with Crippen LogP contribution < -0.4 is 5.32 Å². The molecule has 7 heteroatoms. The zero-order valence-electron chi connectivity index (χ0n) is 12.6. The van der Waals surface area contributed by atoms with Gasteiger partial charge in [-0.25, -0.2) is 9.37 Å². The molecule has 1 aromatic carbocycles. The average Bonchev–Trinajstić information content (AvgIpc) is 3.09. The molecule has 0 bridgehead atoms. The van der Waals surface area contributed by atoms with E-state index in [9.17, 15) is 9.18 Å². The Kier molecular flexibility index (Phi) is 4.71. The molecule has 0 fully saturated rings. The Morgan fingerprint density at radius 1 is 1.25 bits per heavy atom. The number of H-pyrrole nitrogens is 1. The second kappa shape index (κ2) is 7.28. The van der Waals surface area contributed by atoms with Crippen LogP contribution >= 0.6 is 0 Å². The molecule has 0 unspecified atom stereocenters. The molecular formula is C17H14FN5O. The minimum Gasteiger partial charge on any atom is -0.345 e. The quantitative estimate of drug-likeness (QED) is 0.706.